The van der Waals surface area contributed by atoms with Crippen molar-refractivity contribution < 1.29 is 4.79 Å². The monoisotopic (exact) mass is 356 g/mol. The van der Waals surface area contributed by atoms with Crippen molar-refractivity contribution >= 4 is 17.4 Å². The topological polar surface area (TPSA) is 66.9 Å². The smallest absolute Gasteiger partial charge is 0.276 e. The minimum atomic E-state index is -0.255. The summed E-state index contributed by atoms with van der Waals surface area (Å²) in [5, 5.41) is 14.6. The molecule has 3 unspecified atom stereocenters. The minimum absolute atomic E-state index is 0.255. The molecule has 1 amide bonds. The molecule has 3 atom stereocenters. The van der Waals surface area contributed by atoms with Gasteiger partial charge in [-0.2, -0.15) is 0 Å². The van der Waals surface area contributed by atoms with Crippen LogP contribution in [0, 0.1) is 5.92 Å². The van der Waals surface area contributed by atoms with Crippen LogP contribution in [0.25, 0.3) is 0 Å². The molecule has 3 aromatic rings. The van der Waals surface area contributed by atoms with E-state index in [4.69, 9.17) is 0 Å². The summed E-state index contributed by atoms with van der Waals surface area (Å²) in [6, 6.07) is 22.0. The Morgan fingerprint density at radius 3 is 2.56 bits per heavy atom. The van der Waals surface area contributed by atoms with E-state index in [9.17, 15) is 4.79 Å². The molecule has 0 radical (unpaired) electrons. The molecule has 5 rings (SSSR count). The molecule has 2 aromatic carbocycles. The molecule has 0 spiro atoms. The molecule has 0 bridgehead atoms. The van der Waals surface area contributed by atoms with Crippen LogP contribution >= 0.6 is 0 Å². The summed E-state index contributed by atoms with van der Waals surface area (Å²) in [4.78, 5) is 12.3. The summed E-state index contributed by atoms with van der Waals surface area (Å²) in [6.07, 6.45) is 2.37. The van der Waals surface area contributed by atoms with Gasteiger partial charge in [0, 0.05) is 17.6 Å². The Bertz CT molecular complexity index is 971. The number of para-hydroxylation sites is 1. The highest BCUT2D eigenvalue weighted by Crippen LogP contribution is 2.55. The largest absolute Gasteiger partial charge is 0.365 e. The van der Waals surface area contributed by atoms with E-state index >= 15 is 0 Å². The van der Waals surface area contributed by atoms with Gasteiger partial charge in [0.25, 0.3) is 5.91 Å². The number of fused-ring (bicyclic) bond motifs is 3. The van der Waals surface area contributed by atoms with E-state index in [0.29, 0.717) is 23.6 Å². The van der Waals surface area contributed by atoms with Crippen molar-refractivity contribution in [3.8, 4) is 0 Å². The van der Waals surface area contributed by atoms with E-state index in [0.717, 1.165) is 17.9 Å². The van der Waals surface area contributed by atoms with Crippen LogP contribution in [0.4, 0.5) is 11.5 Å². The van der Waals surface area contributed by atoms with Gasteiger partial charge in [0.05, 0.1) is 0 Å². The Balaban J connectivity index is 1.25. The normalized spacial score (nSPS) is 22.3. The third-order valence-electron chi connectivity index (χ3n) is 5.57. The Morgan fingerprint density at radius 1 is 0.926 bits per heavy atom. The molecule has 0 saturated heterocycles. The fourth-order valence-corrected chi connectivity index (χ4v) is 4.18. The minimum Gasteiger partial charge on any atom is -0.365 e. The van der Waals surface area contributed by atoms with Gasteiger partial charge in [0.15, 0.2) is 5.69 Å². The number of carbonyl (C=O) groups excluding carboxylic acids is 1. The fourth-order valence-electron chi connectivity index (χ4n) is 4.18. The summed E-state index contributed by atoms with van der Waals surface area (Å²) in [5.74, 6) is 1.71. The number of nitrogens with zero attached hydrogens (tertiary/aromatic N) is 2. The number of hydrogen-bond acceptors (Lipinski definition) is 4. The van der Waals surface area contributed by atoms with Gasteiger partial charge in [0.2, 0.25) is 0 Å². The van der Waals surface area contributed by atoms with Crippen LogP contribution in [0.1, 0.15) is 34.0 Å². The number of carbonyl (C=O) groups is 1. The first-order valence-corrected chi connectivity index (χ1v) is 9.34. The van der Waals surface area contributed by atoms with Crippen LogP contribution in [-0.2, 0) is 6.42 Å². The van der Waals surface area contributed by atoms with E-state index in [-0.39, 0.29) is 5.91 Å². The van der Waals surface area contributed by atoms with Gasteiger partial charge in [-0.05, 0) is 54.2 Å². The van der Waals surface area contributed by atoms with E-state index in [1.807, 2.05) is 36.4 Å². The summed E-state index contributed by atoms with van der Waals surface area (Å²) in [5.41, 5.74) is 4.00. The van der Waals surface area contributed by atoms with Crippen molar-refractivity contribution in [1.29, 1.82) is 0 Å². The van der Waals surface area contributed by atoms with Gasteiger partial charge in [-0.25, -0.2) is 0 Å². The number of nitrogens with one attached hydrogen (secondary N) is 2. The second-order valence-electron chi connectivity index (χ2n) is 7.22. The molecule has 1 aromatic heterocycles. The van der Waals surface area contributed by atoms with Gasteiger partial charge in [-0.15, -0.1) is 10.2 Å². The lowest BCUT2D eigenvalue weighted by molar-refractivity contribution is 0.102. The van der Waals surface area contributed by atoms with Crippen LogP contribution in [0.2, 0.25) is 0 Å². The molecule has 2 N–H and O–H groups in total. The Hall–Kier alpha value is -3.21. The highest BCUT2D eigenvalue weighted by Gasteiger charge is 2.53. The zero-order valence-electron chi connectivity index (χ0n) is 14.8. The predicted molar refractivity (Wildman–Crippen MR) is 105 cm³/mol. The number of hydrogen-bond donors (Lipinski definition) is 2. The zero-order chi connectivity index (χ0) is 18.2. The first kappa shape index (κ1) is 16.0. The highest BCUT2D eigenvalue weighted by atomic mass is 16.1. The summed E-state index contributed by atoms with van der Waals surface area (Å²) in [6.45, 7) is 0. The average molecular weight is 356 g/mol. The second kappa shape index (κ2) is 6.50. The van der Waals surface area contributed by atoms with E-state index in [2.05, 4.69) is 45.1 Å². The summed E-state index contributed by atoms with van der Waals surface area (Å²) >= 11 is 0. The van der Waals surface area contributed by atoms with Gasteiger partial charge >= 0.3 is 0 Å². The van der Waals surface area contributed by atoms with Crippen LogP contribution in [0.15, 0.2) is 66.7 Å². The van der Waals surface area contributed by atoms with E-state index in [1.54, 1.807) is 6.07 Å². The maximum absolute atomic E-state index is 12.3. The van der Waals surface area contributed by atoms with Gasteiger partial charge in [0.1, 0.15) is 5.82 Å². The highest BCUT2D eigenvalue weighted by molar-refractivity contribution is 6.02. The number of benzene rings is 2. The van der Waals surface area contributed by atoms with Crippen molar-refractivity contribution in [2.24, 2.45) is 5.92 Å². The molecule has 5 nitrogen and oxygen atoms in total. The second-order valence-corrected chi connectivity index (χ2v) is 7.22. The molecule has 27 heavy (non-hydrogen) atoms. The Labute approximate surface area is 157 Å². The molecule has 2 aliphatic rings. The number of aryl methyl sites for hydroxylation is 1. The van der Waals surface area contributed by atoms with Crippen molar-refractivity contribution in [3.63, 3.8) is 0 Å². The molecular weight excluding hydrogens is 336 g/mol. The zero-order valence-corrected chi connectivity index (χ0v) is 14.8. The Morgan fingerprint density at radius 2 is 1.74 bits per heavy atom. The standard InChI is InChI=1S/C22H20N4O/c27-22(23-15-7-2-1-3-8-15)18-12-13-19(26-25-18)24-21-17-11-10-14-6-4-5-9-16(14)20(17)21/h1-9,12-13,17,20-21H,10-11H2,(H,23,27)(H,24,26). The van der Waals surface area contributed by atoms with Crippen molar-refractivity contribution in [3.05, 3.63) is 83.6 Å². The molecule has 5 heteroatoms. The van der Waals surface area contributed by atoms with Gasteiger partial charge in [-0.3, -0.25) is 4.79 Å². The van der Waals surface area contributed by atoms with Gasteiger partial charge in [-0.1, -0.05) is 42.5 Å². The quantitative estimate of drug-likeness (QED) is 0.745. The predicted octanol–water partition coefficient (Wildman–Crippen LogP) is 3.87. The van der Waals surface area contributed by atoms with Crippen LogP contribution in [0.5, 0.6) is 0 Å². The Kier molecular flexibility index (Phi) is 3.85. The third-order valence-corrected chi connectivity index (χ3v) is 5.57. The number of rotatable bonds is 4. The van der Waals surface area contributed by atoms with Crippen molar-refractivity contribution in [1.82, 2.24) is 10.2 Å². The molecule has 0 aliphatic heterocycles. The van der Waals surface area contributed by atoms with Crippen molar-refractivity contribution in [2.75, 3.05) is 10.6 Å². The number of amides is 1. The SMILES string of the molecule is O=C(Nc1ccccc1)c1ccc(NC2C3CCc4ccccc4C32)nn1. The molecular formula is C22H20N4O. The van der Waals surface area contributed by atoms with Crippen LogP contribution in [0.3, 0.4) is 0 Å². The molecule has 1 fully saturated rings. The lowest BCUT2D eigenvalue weighted by atomic mass is 9.92. The summed E-state index contributed by atoms with van der Waals surface area (Å²) in [7, 11) is 0. The third kappa shape index (κ3) is 3.05. The van der Waals surface area contributed by atoms with Crippen LogP contribution in [-0.4, -0.2) is 22.1 Å². The first-order chi connectivity index (χ1) is 13.3. The van der Waals surface area contributed by atoms with E-state index < -0.39 is 0 Å². The number of anilines is 2. The average Bonchev–Trinajstić information content (AvgIpc) is 3.42. The first-order valence-electron chi connectivity index (χ1n) is 9.34. The molecule has 1 saturated carbocycles. The maximum Gasteiger partial charge on any atom is 0.276 e. The summed E-state index contributed by atoms with van der Waals surface area (Å²) < 4.78 is 0. The maximum atomic E-state index is 12.3. The van der Waals surface area contributed by atoms with Gasteiger partial charge < -0.3 is 10.6 Å². The molecule has 1 heterocycles. The lowest BCUT2D eigenvalue weighted by Gasteiger charge is -2.13. The fraction of sp³-hybridized carbons (Fsp3) is 0.227. The van der Waals surface area contributed by atoms with Crippen molar-refractivity contribution in [2.45, 2.75) is 24.8 Å². The van der Waals surface area contributed by atoms with Crippen LogP contribution < -0.4 is 10.6 Å². The number of aromatic nitrogens is 2. The molecule has 2 aliphatic carbocycles. The lowest BCUT2D eigenvalue weighted by Crippen LogP contribution is -2.15. The molecule has 134 valence electrons. The van der Waals surface area contributed by atoms with E-state index in [1.165, 1.54) is 17.5 Å².